The summed E-state index contributed by atoms with van der Waals surface area (Å²) in [6.07, 6.45) is -4.42. The molecular formula is C15H11F3N2O3S. The van der Waals surface area contributed by atoms with Crippen molar-refractivity contribution in [3.05, 3.63) is 64.2 Å². The number of benzene rings is 2. The predicted molar refractivity (Wildman–Crippen MR) is 83.9 cm³/mol. The number of nitrogens with zero attached hydrogens (tertiary/aromatic N) is 1. The van der Waals surface area contributed by atoms with E-state index in [1.54, 1.807) is 0 Å². The van der Waals surface area contributed by atoms with E-state index in [1.165, 1.54) is 36.4 Å². The third kappa shape index (κ3) is 4.98. The Labute approximate surface area is 139 Å². The van der Waals surface area contributed by atoms with Gasteiger partial charge in [0.05, 0.1) is 16.2 Å². The van der Waals surface area contributed by atoms with Crippen LogP contribution in [0.4, 0.5) is 24.5 Å². The van der Waals surface area contributed by atoms with Gasteiger partial charge in [0.15, 0.2) is 0 Å². The van der Waals surface area contributed by atoms with Crippen molar-refractivity contribution in [2.24, 2.45) is 0 Å². The van der Waals surface area contributed by atoms with Crippen LogP contribution in [0.5, 0.6) is 0 Å². The first-order valence-corrected chi connectivity index (χ1v) is 7.58. The molecule has 0 aliphatic rings. The van der Waals surface area contributed by atoms with Gasteiger partial charge in [0.25, 0.3) is 5.69 Å². The summed E-state index contributed by atoms with van der Waals surface area (Å²) in [6, 6.07) is 9.83. The number of hydrogen-bond donors (Lipinski definition) is 1. The SMILES string of the molecule is O=C(CSc1ccc([N+](=O)[O-])cc1)Nc1ccc(C(F)(F)F)cc1. The average Bonchev–Trinajstić information content (AvgIpc) is 2.53. The van der Waals surface area contributed by atoms with E-state index in [4.69, 9.17) is 0 Å². The molecule has 0 heterocycles. The minimum atomic E-state index is -4.42. The lowest BCUT2D eigenvalue weighted by Gasteiger charge is -2.08. The van der Waals surface area contributed by atoms with Gasteiger partial charge in [-0.3, -0.25) is 14.9 Å². The fraction of sp³-hybridized carbons (Fsp3) is 0.133. The third-order valence-corrected chi connectivity index (χ3v) is 3.93. The van der Waals surface area contributed by atoms with Crippen LogP contribution in [0, 0.1) is 10.1 Å². The number of non-ortho nitro benzene ring substituents is 1. The second kappa shape index (κ2) is 7.35. The zero-order valence-corrected chi connectivity index (χ0v) is 12.9. The molecule has 2 aromatic rings. The number of nitro benzene ring substituents is 1. The number of anilines is 1. The monoisotopic (exact) mass is 356 g/mol. The first-order chi connectivity index (χ1) is 11.3. The Balaban J connectivity index is 1.88. The van der Waals surface area contributed by atoms with Crippen molar-refractivity contribution in [2.45, 2.75) is 11.1 Å². The fourth-order valence-corrected chi connectivity index (χ4v) is 2.45. The van der Waals surface area contributed by atoms with Crippen molar-refractivity contribution in [3.63, 3.8) is 0 Å². The van der Waals surface area contributed by atoms with E-state index in [0.29, 0.717) is 4.90 Å². The number of halogens is 3. The molecule has 126 valence electrons. The van der Waals surface area contributed by atoms with E-state index >= 15 is 0 Å². The van der Waals surface area contributed by atoms with Crippen molar-refractivity contribution in [1.29, 1.82) is 0 Å². The maximum atomic E-state index is 12.4. The number of alkyl halides is 3. The van der Waals surface area contributed by atoms with Gasteiger partial charge in [0.2, 0.25) is 5.91 Å². The summed E-state index contributed by atoms with van der Waals surface area (Å²) in [6.45, 7) is 0. The third-order valence-electron chi connectivity index (χ3n) is 2.91. The van der Waals surface area contributed by atoms with Gasteiger partial charge in [-0.25, -0.2) is 0 Å². The number of amides is 1. The van der Waals surface area contributed by atoms with E-state index in [0.717, 1.165) is 23.9 Å². The van der Waals surface area contributed by atoms with E-state index in [1.807, 2.05) is 0 Å². The number of hydrogen-bond acceptors (Lipinski definition) is 4. The van der Waals surface area contributed by atoms with Gasteiger partial charge in [-0.05, 0) is 36.4 Å². The number of thioether (sulfide) groups is 1. The number of carbonyl (C=O) groups excluding carboxylic acids is 1. The van der Waals surface area contributed by atoms with E-state index < -0.39 is 22.6 Å². The van der Waals surface area contributed by atoms with Crippen LogP contribution < -0.4 is 5.32 Å². The zero-order chi connectivity index (χ0) is 17.7. The van der Waals surface area contributed by atoms with E-state index in [-0.39, 0.29) is 17.1 Å². The van der Waals surface area contributed by atoms with Gasteiger partial charge < -0.3 is 5.32 Å². The van der Waals surface area contributed by atoms with Gasteiger partial charge in [-0.15, -0.1) is 11.8 Å². The highest BCUT2D eigenvalue weighted by Crippen LogP contribution is 2.30. The average molecular weight is 356 g/mol. The molecule has 2 aromatic carbocycles. The molecule has 0 fully saturated rings. The number of nitrogens with one attached hydrogen (secondary N) is 1. The van der Waals surface area contributed by atoms with Crippen molar-refractivity contribution < 1.29 is 22.9 Å². The highest BCUT2D eigenvalue weighted by molar-refractivity contribution is 8.00. The number of carbonyl (C=O) groups is 1. The molecule has 0 aliphatic heterocycles. The van der Waals surface area contributed by atoms with Gasteiger partial charge in [-0.1, -0.05) is 0 Å². The van der Waals surface area contributed by atoms with Gasteiger partial charge in [-0.2, -0.15) is 13.2 Å². The van der Waals surface area contributed by atoms with Crippen LogP contribution >= 0.6 is 11.8 Å². The van der Waals surface area contributed by atoms with Crippen molar-refractivity contribution in [2.75, 3.05) is 11.1 Å². The molecule has 0 atom stereocenters. The molecule has 9 heteroatoms. The molecule has 0 aromatic heterocycles. The van der Waals surface area contributed by atoms with Crippen LogP contribution in [0.3, 0.4) is 0 Å². The molecule has 0 aliphatic carbocycles. The molecule has 1 amide bonds. The van der Waals surface area contributed by atoms with Crippen LogP contribution in [0.2, 0.25) is 0 Å². The lowest BCUT2D eigenvalue weighted by Crippen LogP contribution is -2.14. The molecule has 0 saturated heterocycles. The Bertz CT molecular complexity index is 731. The first-order valence-electron chi connectivity index (χ1n) is 6.60. The molecule has 1 N–H and O–H groups in total. The van der Waals surface area contributed by atoms with Crippen LogP contribution in [0.1, 0.15) is 5.56 Å². The Morgan fingerprint density at radius 1 is 1.08 bits per heavy atom. The van der Waals surface area contributed by atoms with E-state index in [2.05, 4.69) is 5.32 Å². The molecule has 24 heavy (non-hydrogen) atoms. The molecule has 0 bridgehead atoms. The first kappa shape index (κ1) is 17.8. The Kier molecular flexibility index (Phi) is 5.45. The highest BCUT2D eigenvalue weighted by Gasteiger charge is 2.29. The summed E-state index contributed by atoms with van der Waals surface area (Å²) < 4.78 is 37.3. The van der Waals surface area contributed by atoms with Crippen molar-refractivity contribution in [1.82, 2.24) is 0 Å². The summed E-state index contributed by atoms with van der Waals surface area (Å²) in [4.78, 5) is 22.5. The molecule has 5 nitrogen and oxygen atoms in total. The van der Waals surface area contributed by atoms with Crippen LogP contribution in [0.25, 0.3) is 0 Å². The maximum absolute atomic E-state index is 12.4. The second-order valence-electron chi connectivity index (χ2n) is 4.66. The summed E-state index contributed by atoms with van der Waals surface area (Å²) in [7, 11) is 0. The van der Waals surface area contributed by atoms with Crippen molar-refractivity contribution in [3.8, 4) is 0 Å². The van der Waals surface area contributed by atoms with Crippen molar-refractivity contribution >= 4 is 29.0 Å². The normalized spacial score (nSPS) is 11.1. The molecule has 2 rings (SSSR count). The standard InChI is InChI=1S/C15H11F3N2O3S/c16-15(17,18)10-1-3-11(4-2-10)19-14(21)9-24-13-7-5-12(6-8-13)20(22)23/h1-8H,9H2,(H,19,21). The molecule has 0 unspecified atom stereocenters. The molecule has 0 spiro atoms. The molecule has 0 radical (unpaired) electrons. The largest absolute Gasteiger partial charge is 0.416 e. The minimum absolute atomic E-state index is 0.0266. The van der Waals surface area contributed by atoms with Gasteiger partial charge in [0, 0.05) is 22.7 Å². The lowest BCUT2D eigenvalue weighted by molar-refractivity contribution is -0.384. The Hall–Kier alpha value is -2.55. The quantitative estimate of drug-likeness (QED) is 0.491. The minimum Gasteiger partial charge on any atom is -0.325 e. The fourth-order valence-electron chi connectivity index (χ4n) is 1.75. The summed E-state index contributed by atoms with van der Waals surface area (Å²) >= 11 is 1.16. The summed E-state index contributed by atoms with van der Waals surface area (Å²) in [5.41, 5.74) is -0.577. The highest BCUT2D eigenvalue weighted by atomic mass is 32.2. The molecule has 0 saturated carbocycles. The summed E-state index contributed by atoms with van der Waals surface area (Å²) in [5.74, 6) is -0.364. The van der Waals surface area contributed by atoms with Crippen LogP contribution in [-0.4, -0.2) is 16.6 Å². The van der Waals surface area contributed by atoms with Gasteiger partial charge in [0.1, 0.15) is 0 Å². The lowest BCUT2D eigenvalue weighted by atomic mass is 10.2. The second-order valence-corrected chi connectivity index (χ2v) is 5.71. The predicted octanol–water partition coefficient (Wildman–Crippen LogP) is 4.34. The topological polar surface area (TPSA) is 72.2 Å². The van der Waals surface area contributed by atoms with Crippen LogP contribution in [0.15, 0.2) is 53.4 Å². The van der Waals surface area contributed by atoms with Crippen LogP contribution in [-0.2, 0) is 11.0 Å². The molecular weight excluding hydrogens is 345 g/mol. The summed E-state index contributed by atoms with van der Waals surface area (Å²) in [5, 5.41) is 13.0. The smallest absolute Gasteiger partial charge is 0.325 e. The van der Waals surface area contributed by atoms with E-state index in [9.17, 15) is 28.1 Å². The maximum Gasteiger partial charge on any atom is 0.416 e. The number of nitro groups is 1. The Morgan fingerprint density at radius 3 is 2.17 bits per heavy atom. The Morgan fingerprint density at radius 2 is 1.67 bits per heavy atom. The number of rotatable bonds is 5. The zero-order valence-electron chi connectivity index (χ0n) is 12.0. The van der Waals surface area contributed by atoms with Gasteiger partial charge >= 0.3 is 6.18 Å².